The quantitative estimate of drug-likeness (QED) is 0.357. The largest absolute Gasteiger partial charge is 0.455 e. The lowest BCUT2D eigenvalue weighted by atomic mass is 10.0. The molecule has 0 aromatic heterocycles. The van der Waals surface area contributed by atoms with Crippen molar-refractivity contribution < 1.29 is 30.0 Å². The molecule has 0 amide bonds. The van der Waals surface area contributed by atoms with Crippen molar-refractivity contribution in [2.45, 2.75) is 37.4 Å². The van der Waals surface area contributed by atoms with E-state index in [0.717, 1.165) is 0 Å². The Hall–Kier alpha value is -0.690. The van der Waals surface area contributed by atoms with Gasteiger partial charge in [0.25, 0.3) is 0 Å². The van der Waals surface area contributed by atoms with Crippen molar-refractivity contribution >= 4 is 5.97 Å². The molecule has 6 nitrogen and oxygen atoms in total. The van der Waals surface area contributed by atoms with Crippen LogP contribution in [0.1, 0.15) is 6.92 Å². The van der Waals surface area contributed by atoms with E-state index in [9.17, 15) is 15.0 Å². The highest BCUT2D eigenvalue weighted by molar-refractivity contribution is 5.77. The molecule has 13 heavy (non-hydrogen) atoms. The molecule has 1 fully saturated rings. The molecular formula is C7H12O6. The minimum absolute atomic E-state index is 0.989. The Labute approximate surface area is 74.4 Å². The molecule has 0 unspecified atom stereocenters. The Bertz CT molecular complexity index is 203. The minimum Gasteiger partial charge on any atom is -0.455 e. The molecule has 1 aliphatic rings. The van der Waals surface area contributed by atoms with Gasteiger partial charge in [0, 0.05) is 0 Å². The smallest absolute Gasteiger partial charge is 0.338 e. The predicted molar refractivity (Wildman–Crippen MR) is 39.6 cm³/mol. The number of cyclic esters (lactones) is 1. The van der Waals surface area contributed by atoms with Crippen LogP contribution < -0.4 is 0 Å². The van der Waals surface area contributed by atoms with Crippen molar-refractivity contribution in [2.24, 2.45) is 0 Å². The maximum Gasteiger partial charge on any atom is 0.338 e. The number of esters is 1. The molecule has 0 aromatic carbocycles. The molecule has 1 aliphatic heterocycles. The standard InChI is InChI=1S/C7H12O6/c1-2(8)3(9)6-4(10)5(11)7(12)13-6/h2-6,8-11H,1H3/t2-,3-,4-,5+,6+/m0/s1. The zero-order chi connectivity index (χ0) is 10.2. The fourth-order valence-corrected chi connectivity index (χ4v) is 1.14. The lowest BCUT2D eigenvalue weighted by Crippen LogP contribution is -2.43. The van der Waals surface area contributed by atoms with E-state index in [2.05, 4.69) is 4.74 Å². The van der Waals surface area contributed by atoms with Crippen molar-refractivity contribution in [3.8, 4) is 0 Å². The first-order valence-corrected chi connectivity index (χ1v) is 3.88. The third-order valence-electron chi connectivity index (χ3n) is 1.98. The molecule has 0 bridgehead atoms. The van der Waals surface area contributed by atoms with Gasteiger partial charge in [-0.15, -0.1) is 0 Å². The molecule has 1 heterocycles. The van der Waals surface area contributed by atoms with E-state index in [1.165, 1.54) is 6.92 Å². The summed E-state index contributed by atoms with van der Waals surface area (Å²) in [7, 11) is 0. The SMILES string of the molecule is C[C@H](O)[C@H](O)[C@H]1OC(=O)[C@H](O)[C@@H]1O. The number of carbonyl (C=O) groups excluding carboxylic acids is 1. The molecule has 0 aromatic rings. The van der Waals surface area contributed by atoms with E-state index >= 15 is 0 Å². The lowest BCUT2D eigenvalue weighted by Gasteiger charge is -2.21. The molecule has 4 N–H and O–H groups in total. The fraction of sp³-hybridized carbons (Fsp3) is 0.857. The van der Waals surface area contributed by atoms with E-state index in [-0.39, 0.29) is 0 Å². The maximum atomic E-state index is 10.7. The Morgan fingerprint density at radius 1 is 1.38 bits per heavy atom. The molecule has 1 rings (SSSR count). The number of rotatable bonds is 2. The van der Waals surface area contributed by atoms with Crippen LogP contribution in [0.25, 0.3) is 0 Å². The second kappa shape index (κ2) is 3.59. The van der Waals surface area contributed by atoms with Crippen LogP contribution in [0.2, 0.25) is 0 Å². The van der Waals surface area contributed by atoms with Crippen LogP contribution in [0.4, 0.5) is 0 Å². The van der Waals surface area contributed by atoms with Gasteiger partial charge in [-0.3, -0.25) is 0 Å². The molecule has 0 aliphatic carbocycles. The van der Waals surface area contributed by atoms with E-state index in [4.69, 9.17) is 10.2 Å². The molecule has 5 atom stereocenters. The van der Waals surface area contributed by atoms with E-state index in [0.29, 0.717) is 0 Å². The van der Waals surface area contributed by atoms with E-state index in [1.807, 2.05) is 0 Å². The van der Waals surface area contributed by atoms with Gasteiger partial charge < -0.3 is 25.2 Å². The van der Waals surface area contributed by atoms with Gasteiger partial charge in [0.2, 0.25) is 0 Å². The molecule has 6 heteroatoms. The first-order valence-electron chi connectivity index (χ1n) is 3.88. The lowest BCUT2D eigenvalue weighted by molar-refractivity contribution is -0.153. The molecular weight excluding hydrogens is 180 g/mol. The third kappa shape index (κ3) is 1.80. The van der Waals surface area contributed by atoms with Crippen LogP contribution in [0.3, 0.4) is 0 Å². The van der Waals surface area contributed by atoms with Crippen molar-refractivity contribution in [3.05, 3.63) is 0 Å². The van der Waals surface area contributed by atoms with Crippen molar-refractivity contribution in [3.63, 3.8) is 0 Å². The average Bonchev–Trinajstić information content (AvgIpc) is 2.31. The molecule has 0 spiro atoms. The number of hydrogen-bond donors (Lipinski definition) is 4. The van der Waals surface area contributed by atoms with Gasteiger partial charge in [0.1, 0.15) is 12.2 Å². The highest BCUT2D eigenvalue weighted by Gasteiger charge is 2.47. The second-order valence-corrected chi connectivity index (χ2v) is 3.07. The Kier molecular flexibility index (Phi) is 2.87. The fourth-order valence-electron chi connectivity index (χ4n) is 1.14. The topological polar surface area (TPSA) is 107 Å². The van der Waals surface area contributed by atoms with Gasteiger partial charge in [0.15, 0.2) is 12.2 Å². The van der Waals surface area contributed by atoms with E-state index < -0.39 is 36.5 Å². The molecule has 1 saturated heterocycles. The zero-order valence-electron chi connectivity index (χ0n) is 6.99. The van der Waals surface area contributed by atoms with Gasteiger partial charge in [-0.05, 0) is 6.92 Å². The van der Waals surface area contributed by atoms with Crippen molar-refractivity contribution in [1.29, 1.82) is 0 Å². The monoisotopic (exact) mass is 192 g/mol. The van der Waals surface area contributed by atoms with Gasteiger partial charge in [-0.25, -0.2) is 4.79 Å². The minimum atomic E-state index is -1.64. The summed E-state index contributed by atoms with van der Waals surface area (Å²) in [5.41, 5.74) is 0. The number of ether oxygens (including phenoxy) is 1. The summed E-state index contributed by atoms with van der Waals surface area (Å²) in [6, 6.07) is 0. The van der Waals surface area contributed by atoms with Crippen LogP contribution in [-0.2, 0) is 9.53 Å². The summed E-state index contributed by atoms with van der Waals surface area (Å²) in [6.45, 7) is 1.29. The van der Waals surface area contributed by atoms with Gasteiger partial charge >= 0.3 is 5.97 Å². The van der Waals surface area contributed by atoms with Crippen molar-refractivity contribution in [2.75, 3.05) is 0 Å². The molecule has 0 saturated carbocycles. The first-order chi connectivity index (χ1) is 5.95. The average molecular weight is 192 g/mol. The first kappa shape index (κ1) is 10.4. The summed E-state index contributed by atoms with van der Waals surface area (Å²) in [5, 5.41) is 36.3. The van der Waals surface area contributed by atoms with Gasteiger partial charge in [0.05, 0.1) is 6.10 Å². The summed E-state index contributed by atoms with van der Waals surface area (Å²) in [5.74, 6) is -0.989. The van der Waals surface area contributed by atoms with Crippen LogP contribution >= 0.6 is 0 Å². The highest BCUT2D eigenvalue weighted by Crippen LogP contribution is 2.20. The van der Waals surface area contributed by atoms with Gasteiger partial charge in [-0.1, -0.05) is 0 Å². The molecule has 76 valence electrons. The summed E-state index contributed by atoms with van der Waals surface area (Å²) in [4.78, 5) is 10.7. The van der Waals surface area contributed by atoms with E-state index in [1.54, 1.807) is 0 Å². The number of carbonyl (C=O) groups is 1. The second-order valence-electron chi connectivity index (χ2n) is 3.07. The summed E-state index contributed by atoms with van der Waals surface area (Å²) >= 11 is 0. The Morgan fingerprint density at radius 2 is 1.92 bits per heavy atom. The molecule has 0 radical (unpaired) electrons. The predicted octanol–water partition coefficient (Wildman–Crippen LogP) is -2.62. The normalized spacial score (nSPS) is 38.5. The summed E-state index contributed by atoms with van der Waals surface area (Å²) in [6.07, 6.45) is -6.92. The van der Waals surface area contributed by atoms with Gasteiger partial charge in [-0.2, -0.15) is 0 Å². The Morgan fingerprint density at radius 3 is 2.23 bits per heavy atom. The number of aliphatic hydroxyl groups excluding tert-OH is 4. The van der Waals surface area contributed by atoms with Crippen LogP contribution in [0.15, 0.2) is 0 Å². The summed E-state index contributed by atoms with van der Waals surface area (Å²) < 4.78 is 4.46. The zero-order valence-corrected chi connectivity index (χ0v) is 6.99. The van der Waals surface area contributed by atoms with Crippen LogP contribution in [0, 0.1) is 0 Å². The number of hydrogen-bond acceptors (Lipinski definition) is 6. The van der Waals surface area contributed by atoms with Crippen LogP contribution in [0.5, 0.6) is 0 Å². The highest BCUT2D eigenvalue weighted by atomic mass is 16.6. The van der Waals surface area contributed by atoms with Crippen molar-refractivity contribution in [1.82, 2.24) is 0 Å². The third-order valence-corrected chi connectivity index (χ3v) is 1.98. The Balaban J connectivity index is 2.68. The number of aliphatic hydroxyl groups is 4. The van der Waals surface area contributed by atoms with Crippen LogP contribution in [-0.4, -0.2) is 56.9 Å². The maximum absolute atomic E-state index is 10.7.